The first-order valence-corrected chi connectivity index (χ1v) is 8.42. The molecule has 1 aromatic rings. The number of hydrogen-bond donors (Lipinski definition) is 1. The van der Waals surface area contributed by atoms with Crippen LogP contribution in [0.2, 0.25) is 0 Å². The number of nitrogens with one attached hydrogen (secondary N) is 1. The number of para-hydroxylation sites is 1. The van der Waals surface area contributed by atoms with Gasteiger partial charge in [-0.05, 0) is 11.6 Å². The molecular formula is C18H20N6O4. The SMILES string of the molecule is C=CCN1C(N/N=C/c2cccc(OC)c2[O-])=[N+]=C2C1C(=O)N(C)C(=O)N2C. The molecule has 1 aromatic carbocycles. The van der Waals surface area contributed by atoms with Crippen LogP contribution in [0.1, 0.15) is 5.56 Å². The quantitative estimate of drug-likeness (QED) is 0.299. The van der Waals surface area contributed by atoms with Gasteiger partial charge >= 0.3 is 17.8 Å². The second-order valence-corrected chi connectivity index (χ2v) is 6.12. The molecule has 1 atom stereocenters. The lowest BCUT2D eigenvalue weighted by Crippen LogP contribution is -2.64. The first kappa shape index (κ1) is 19.0. The van der Waals surface area contributed by atoms with E-state index in [-0.39, 0.29) is 23.4 Å². The van der Waals surface area contributed by atoms with Crippen LogP contribution in [-0.2, 0) is 4.79 Å². The van der Waals surface area contributed by atoms with E-state index < -0.39 is 12.1 Å². The Hall–Kier alpha value is -3.78. The molecule has 0 saturated carbocycles. The molecule has 146 valence electrons. The van der Waals surface area contributed by atoms with Gasteiger partial charge in [0.1, 0.15) is 5.75 Å². The lowest BCUT2D eigenvalue weighted by atomic mass is 10.1. The van der Waals surface area contributed by atoms with Gasteiger partial charge in [-0.2, -0.15) is 5.43 Å². The van der Waals surface area contributed by atoms with Gasteiger partial charge in [-0.3, -0.25) is 9.69 Å². The zero-order chi connectivity index (χ0) is 20.4. The maximum atomic E-state index is 12.6. The minimum Gasteiger partial charge on any atom is -0.870 e. The first-order chi connectivity index (χ1) is 13.4. The molecule has 1 fully saturated rings. The zero-order valence-electron chi connectivity index (χ0n) is 15.7. The largest absolute Gasteiger partial charge is 0.870 e. The molecule has 3 amide bonds. The number of urea groups is 1. The van der Waals surface area contributed by atoms with Crippen molar-refractivity contribution in [3.8, 4) is 11.5 Å². The maximum absolute atomic E-state index is 12.6. The number of amidine groups is 1. The number of methoxy groups -OCH3 is 1. The summed E-state index contributed by atoms with van der Waals surface area (Å²) in [7, 11) is 4.39. The summed E-state index contributed by atoms with van der Waals surface area (Å²) in [5, 5.41) is 16.2. The average Bonchev–Trinajstić information content (AvgIpc) is 3.05. The van der Waals surface area contributed by atoms with Gasteiger partial charge in [0.25, 0.3) is 5.91 Å². The highest BCUT2D eigenvalue weighted by Gasteiger charge is 2.54. The van der Waals surface area contributed by atoms with Gasteiger partial charge in [-0.1, -0.05) is 24.0 Å². The summed E-state index contributed by atoms with van der Waals surface area (Å²) >= 11 is 0. The monoisotopic (exact) mass is 384 g/mol. The summed E-state index contributed by atoms with van der Waals surface area (Å²) in [5.41, 5.74) is 3.07. The zero-order valence-corrected chi connectivity index (χ0v) is 15.7. The number of rotatable bonds is 5. The van der Waals surface area contributed by atoms with Gasteiger partial charge in [0.05, 0.1) is 26.9 Å². The number of fused-ring (bicyclic) bond motifs is 1. The highest BCUT2D eigenvalue weighted by Crippen LogP contribution is 2.25. The first-order valence-electron chi connectivity index (χ1n) is 8.42. The van der Waals surface area contributed by atoms with E-state index in [9.17, 15) is 14.7 Å². The summed E-state index contributed by atoms with van der Waals surface area (Å²) in [5.74, 6) is 0.107. The fourth-order valence-corrected chi connectivity index (χ4v) is 2.97. The molecule has 0 aromatic heterocycles. The van der Waals surface area contributed by atoms with Crippen molar-refractivity contribution in [1.29, 1.82) is 0 Å². The molecule has 2 aliphatic heterocycles. The normalized spacial score (nSPS) is 19.0. The van der Waals surface area contributed by atoms with Crippen molar-refractivity contribution in [3.63, 3.8) is 0 Å². The Bertz CT molecular complexity index is 934. The third-order valence-corrected chi connectivity index (χ3v) is 4.45. The van der Waals surface area contributed by atoms with Crippen LogP contribution in [0.3, 0.4) is 0 Å². The molecule has 2 aliphatic rings. The number of hydrazone groups is 1. The topological polar surface area (TPSA) is 115 Å². The van der Waals surface area contributed by atoms with Crippen LogP contribution < -0.4 is 19.9 Å². The van der Waals surface area contributed by atoms with Gasteiger partial charge in [0, 0.05) is 7.05 Å². The molecule has 2 heterocycles. The van der Waals surface area contributed by atoms with Crippen molar-refractivity contribution in [2.24, 2.45) is 5.10 Å². The van der Waals surface area contributed by atoms with Gasteiger partial charge in [0.15, 0.2) is 0 Å². The standard InChI is InChI=1S/C18H20N6O4/c1-5-9-24-13-15(22(2)18(27)23(3)16(13)26)20-17(24)21-19-10-11-7-6-8-12(28-4)14(11)25/h5-8,10,13H,1,9H2,2-4H3,(H,19,25). The maximum Gasteiger partial charge on any atom is 0.421 e. The number of ether oxygens (including phenoxy) is 1. The Labute approximate surface area is 161 Å². The molecule has 28 heavy (non-hydrogen) atoms. The number of amides is 3. The minimum absolute atomic E-state index is 0.214. The van der Waals surface area contributed by atoms with Crippen molar-refractivity contribution >= 4 is 29.9 Å². The fraction of sp³-hybridized carbons (Fsp3) is 0.278. The summed E-state index contributed by atoms with van der Waals surface area (Å²) in [6.07, 6.45) is 2.96. The van der Waals surface area contributed by atoms with Crippen LogP contribution in [-0.4, -0.2) is 78.4 Å². The predicted molar refractivity (Wildman–Crippen MR) is 102 cm³/mol. The molecule has 1 saturated heterocycles. The van der Waals surface area contributed by atoms with E-state index in [0.717, 1.165) is 4.90 Å². The Morgan fingerprint density at radius 3 is 2.79 bits per heavy atom. The number of guanidine groups is 1. The minimum atomic E-state index is -0.754. The fourth-order valence-electron chi connectivity index (χ4n) is 2.97. The molecule has 0 bridgehead atoms. The van der Waals surface area contributed by atoms with Crippen LogP contribution in [0.5, 0.6) is 11.5 Å². The molecule has 1 unspecified atom stereocenters. The number of imide groups is 1. The molecule has 10 nitrogen and oxygen atoms in total. The summed E-state index contributed by atoms with van der Waals surface area (Å²) in [6, 6.07) is 3.63. The van der Waals surface area contributed by atoms with E-state index in [1.807, 2.05) is 0 Å². The van der Waals surface area contributed by atoms with E-state index in [0.29, 0.717) is 17.9 Å². The number of likely N-dealkylation sites (N-methyl/N-ethyl adjacent to an activating group) is 2. The Balaban J connectivity index is 1.88. The van der Waals surface area contributed by atoms with Crippen molar-refractivity contribution < 1.29 is 19.4 Å². The average molecular weight is 384 g/mol. The lowest BCUT2D eigenvalue weighted by Gasteiger charge is -2.31. The number of benzene rings is 1. The molecule has 0 radical (unpaired) electrons. The van der Waals surface area contributed by atoms with Gasteiger partial charge < -0.3 is 9.84 Å². The highest BCUT2D eigenvalue weighted by atomic mass is 16.5. The second-order valence-electron chi connectivity index (χ2n) is 6.12. The van der Waals surface area contributed by atoms with Crippen LogP contribution in [0.25, 0.3) is 0 Å². The van der Waals surface area contributed by atoms with E-state index in [4.69, 9.17) is 4.74 Å². The number of carbonyl (C=O) groups is 2. The molecular weight excluding hydrogens is 364 g/mol. The molecule has 1 N–H and O–H groups in total. The van der Waals surface area contributed by atoms with Gasteiger partial charge in [0.2, 0.25) is 6.04 Å². The van der Waals surface area contributed by atoms with Crippen LogP contribution in [0.15, 0.2) is 36.0 Å². The third kappa shape index (κ3) is 3.06. The van der Waals surface area contributed by atoms with Crippen LogP contribution >= 0.6 is 0 Å². The molecule has 0 aliphatic carbocycles. The Kier molecular flexibility index (Phi) is 5.06. The Morgan fingerprint density at radius 2 is 2.11 bits per heavy atom. The van der Waals surface area contributed by atoms with Gasteiger partial charge in [-0.15, -0.1) is 11.7 Å². The summed E-state index contributed by atoms with van der Waals surface area (Å²) < 4.78 is 9.36. The summed E-state index contributed by atoms with van der Waals surface area (Å²) in [6.45, 7) is 4.01. The number of nitrogens with zero attached hydrogens (tertiary/aromatic N) is 5. The van der Waals surface area contributed by atoms with E-state index >= 15 is 0 Å². The summed E-state index contributed by atoms with van der Waals surface area (Å²) in [4.78, 5) is 28.8. The van der Waals surface area contributed by atoms with Crippen LogP contribution in [0, 0.1) is 0 Å². The van der Waals surface area contributed by atoms with E-state index in [2.05, 4.69) is 21.8 Å². The van der Waals surface area contributed by atoms with Crippen molar-refractivity contribution in [2.75, 3.05) is 27.7 Å². The Morgan fingerprint density at radius 1 is 1.36 bits per heavy atom. The van der Waals surface area contributed by atoms with Crippen molar-refractivity contribution in [1.82, 2.24) is 24.8 Å². The van der Waals surface area contributed by atoms with Gasteiger partial charge in [-0.25, -0.2) is 19.3 Å². The predicted octanol–water partition coefficient (Wildman–Crippen LogP) is -1.09. The van der Waals surface area contributed by atoms with Crippen molar-refractivity contribution in [2.45, 2.75) is 6.04 Å². The smallest absolute Gasteiger partial charge is 0.421 e. The number of hydrogen-bond acceptors (Lipinski definition) is 7. The van der Waals surface area contributed by atoms with Crippen LogP contribution in [0.4, 0.5) is 4.79 Å². The molecule has 3 rings (SSSR count). The van der Waals surface area contributed by atoms with Crippen molar-refractivity contribution in [3.05, 3.63) is 36.4 Å². The number of carbonyl (C=O) groups excluding carboxylic acids is 2. The van der Waals surface area contributed by atoms with E-state index in [1.54, 1.807) is 36.2 Å². The molecule has 0 spiro atoms. The second kappa shape index (κ2) is 7.45. The molecule has 10 heteroatoms. The third-order valence-electron chi connectivity index (χ3n) is 4.45. The highest BCUT2D eigenvalue weighted by molar-refractivity contribution is 6.23. The van der Waals surface area contributed by atoms with E-state index in [1.165, 1.54) is 25.3 Å². The lowest BCUT2D eigenvalue weighted by molar-refractivity contribution is -0.270.